The fourth-order valence-corrected chi connectivity index (χ4v) is 0.850. The minimum atomic E-state index is -0.208. The molecular weight excluding hydrogens is 154 g/mol. The van der Waals surface area contributed by atoms with E-state index in [4.69, 9.17) is 5.26 Å². The third-order valence-electron chi connectivity index (χ3n) is 1.55. The number of hydrogen-bond donors (Lipinski definition) is 1. The van der Waals surface area contributed by atoms with Gasteiger partial charge < -0.3 is 9.88 Å². The van der Waals surface area contributed by atoms with Gasteiger partial charge in [-0.2, -0.15) is 5.26 Å². The van der Waals surface area contributed by atoms with Crippen LogP contribution in [0.2, 0.25) is 0 Å². The average molecular weight is 163 g/mol. The Kier molecular flexibility index (Phi) is 2.49. The van der Waals surface area contributed by atoms with Crippen LogP contribution in [0, 0.1) is 11.3 Å². The fraction of sp³-hybridized carbons (Fsp3) is 0.250. The van der Waals surface area contributed by atoms with Gasteiger partial charge >= 0.3 is 0 Å². The molecule has 0 saturated heterocycles. The zero-order valence-corrected chi connectivity index (χ0v) is 6.74. The minimum Gasteiger partial charge on any atom is -0.348 e. The molecule has 0 fully saturated rings. The lowest BCUT2D eigenvalue weighted by Gasteiger charge is -2.12. The normalized spacial score (nSPS) is 9.00. The standard InChI is InChI=1S/C8H9N3O/c1-11(8(12)4-5-9)7-3-2-6-10-7/h2-3,6,10H,4H2,1H3. The summed E-state index contributed by atoms with van der Waals surface area (Å²) in [4.78, 5) is 15.4. The molecule has 1 aromatic heterocycles. The van der Waals surface area contributed by atoms with E-state index in [0.717, 1.165) is 0 Å². The van der Waals surface area contributed by atoms with E-state index in [-0.39, 0.29) is 12.3 Å². The first-order chi connectivity index (χ1) is 5.75. The lowest BCUT2D eigenvalue weighted by molar-refractivity contribution is -0.117. The number of carbonyl (C=O) groups excluding carboxylic acids is 1. The third kappa shape index (κ3) is 1.64. The Morgan fingerprint density at radius 1 is 1.83 bits per heavy atom. The van der Waals surface area contributed by atoms with E-state index in [0.29, 0.717) is 5.82 Å². The van der Waals surface area contributed by atoms with E-state index >= 15 is 0 Å². The summed E-state index contributed by atoms with van der Waals surface area (Å²) in [6.45, 7) is 0. The van der Waals surface area contributed by atoms with E-state index in [9.17, 15) is 4.79 Å². The Morgan fingerprint density at radius 3 is 3.08 bits per heavy atom. The number of nitrogens with one attached hydrogen (secondary N) is 1. The molecular formula is C8H9N3O. The Hall–Kier alpha value is -1.76. The molecule has 1 heterocycles. The maximum atomic E-state index is 11.1. The number of amides is 1. The second kappa shape index (κ2) is 3.58. The summed E-state index contributed by atoms with van der Waals surface area (Å²) in [5, 5.41) is 8.28. The van der Waals surface area contributed by atoms with Crippen molar-refractivity contribution in [3.05, 3.63) is 18.3 Å². The molecule has 0 aliphatic rings. The van der Waals surface area contributed by atoms with Crippen LogP contribution in [0.4, 0.5) is 5.82 Å². The van der Waals surface area contributed by atoms with E-state index in [1.54, 1.807) is 31.4 Å². The molecule has 0 aliphatic heterocycles. The zero-order chi connectivity index (χ0) is 8.97. The molecule has 0 saturated carbocycles. The lowest BCUT2D eigenvalue weighted by atomic mass is 10.4. The van der Waals surface area contributed by atoms with Gasteiger partial charge in [0.05, 0.1) is 6.07 Å². The van der Waals surface area contributed by atoms with Crippen molar-refractivity contribution in [1.29, 1.82) is 5.26 Å². The molecule has 0 aromatic carbocycles. The number of nitrogens with zero attached hydrogens (tertiary/aromatic N) is 2. The minimum absolute atomic E-state index is 0.0878. The van der Waals surface area contributed by atoms with Gasteiger partial charge in [-0.05, 0) is 12.1 Å². The van der Waals surface area contributed by atoms with Crippen LogP contribution in [-0.4, -0.2) is 17.9 Å². The zero-order valence-electron chi connectivity index (χ0n) is 6.74. The Morgan fingerprint density at radius 2 is 2.58 bits per heavy atom. The molecule has 0 aliphatic carbocycles. The summed E-state index contributed by atoms with van der Waals surface area (Å²) < 4.78 is 0. The number of nitriles is 1. The summed E-state index contributed by atoms with van der Waals surface area (Å²) in [5.74, 6) is 0.496. The predicted molar refractivity (Wildman–Crippen MR) is 44.4 cm³/mol. The molecule has 12 heavy (non-hydrogen) atoms. The molecule has 62 valence electrons. The SMILES string of the molecule is CN(C(=O)CC#N)c1ccc[nH]1. The predicted octanol–water partition coefficient (Wildman–Crippen LogP) is 0.891. The molecule has 0 unspecified atom stereocenters. The summed E-state index contributed by atoms with van der Waals surface area (Å²) in [5.41, 5.74) is 0. The molecule has 0 bridgehead atoms. The second-order valence-electron chi connectivity index (χ2n) is 2.34. The third-order valence-corrected chi connectivity index (χ3v) is 1.55. The summed E-state index contributed by atoms with van der Waals surface area (Å²) in [6, 6.07) is 5.38. The van der Waals surface area contributed by atoms with Gasteiger partial charge in [0, 0.05) is 13.2 Å². The van der Waals surface area contributed by atoms with Crippen LogP contribution in [0.3, 0.4) is 0 Å². The molecule has 0 atom stereocenters. The first-order valence-corrected chi connectivity index (χ1v) is 3.52. The van der Waals surface area contributed by atoms with Crippen LogP contribution >= 0.6 is 0 Å². The highest BCUT2D eigenvalue weighted by Crippen LogP contribution is 2.08. The van der Waals surface area contributed by atoms with Crippen LogP contribution < -0.4 is 4.90 Å². The number of carbonyl (C=O) groups is 1. The molecule has 0 radical (unpaired) electrons. The van der Waals surface area contributed by atoms with Crippen molar-refractivity contribution in [3.63, 3.8) is 0 Å². The molecule has 1 N–H and O–H groups in total. The molecule has 4 nitrogen and oxygen atoms in total. The highest BCUT2D eigenvalue weighted by molar-refractivity contribution is 5.93. The molecule has 1 aromatic rings. The van der Waals surface area contributed by atoms with Crippen molar-refractivity contribution in [2.45, 2.75) is 6.42 Å². The van der Waals surface area contributed by atoms with Crippen LogP contribution in [0.1, 0.15) is 6.42 Å². The van der Waals surface area contributed by atoms with Gasteiger partial charge in [-0.15, -0.1) is 0 Å². The molecule has 1 rings (SSSR count). The number of hydrogen-bond acceptors (Lipinski definition) is 2. The van der Waals surface area contributed by atoms with Crippen molar-refractivity contribution < 1.29 is 4.79 Å². The van der Waals surface area contributed by atoms with Crippen molar-refractivity contribution in [2.75, 3.05) is 11.9 Å². The maximum Gasteiger partial charge on any atom is 0.242 e. The van der Waals surface area contributed by atoms with Crippen molar-refractivity contribution in [3.8, 4) is 6.07 Å². The summed E-state index contributed by atoms with van der Waals surface area (Å²) >= 11 is 0. The van der Waals surface area contributed by atoms with E-state index < -0.39 is 0 Å². The first kappa shape index (κ1) is 8.34. The van der Waals surface area contributed by atoms with Gasteiger partial charge in [-0.1, -0.05) is 0 Å². The highest BCUT2D eigenvalue weighted by Gasteiger charge is 2.09. The van der Waals surface area contributed by atoms with Gasteiger partial charge in [0.1, 0.15) is 12.2 Å². The lowest BCUT2D eigenvalue weighted by Crippen LogP contribution is -2.25. The van der Waals surface area contributed by atoms with Crippen LogP contribution in [0.25, 0.3) is 0 Å². The number of H-pyrrole nitrogens is 1. The van der Waals surface area contributed by atoms with Gasteiger partial charge in [-0.3, -0.25) is 4.79 Å². The largest absolute Gasteiger partial charge is 0.348 e. The molecule has 4 heteroatoms. The van der Waals surface area contributed by atoms with E-state index in [1.165, 1.54) is 4.90 Å². The second-order valence-corrected chi connectivity index (χ2v) is 2.34. The van der Waals surface area contributed by atoms with E-state index in [2.05, 4.69) is 4.98 Å². The average Bonchev–Trinajstić information content (AvgIpc) is 2.55. The Balaban J connectivity index is 2.67. The quantitative estimate of drug-likeness (QED) is 0.703. The van der Waals surface area contributed by atoms with E-state index in [1.807, 2.05) is 0 Å². The molecule has 1 amide bonds. The van der Waals surface area contributed by atoms with Gasteiger partial charge in [0.15, 0.2) is 0 Å². The Labute approximate surface area is 70.4 Å². The van der Waals surface area contributed by atoms with Crippen molar-refractivity contribution >= 4 is 11.7 Å². The number of rotatable bonds is 2. The summed E-state index contributed by atoms with van der Waals surface area (Å²) in [6.07, 6.45) is 1.64. The molecule has 0 spiro atoms. The monoisotopic (exact) mass is 163 g/mol. The first-order valence-electron chi connectivity index (χ1n) is 3.52. The van der Waals surface area contributed by atoms with Crippen molar-refractivity contribution in [1.82, 2.24) is 4.98 Å². The van der Waals surface area contributed by atoms with Crippen LogP contribution in [0.15, 0.2) is 18.3 Å². The smallest absolute Gasteiger partial charge is 0.242 e. The van der Waals surface area contributed by atoms with Crippen molar-refractivity contribution in [2.24, 2.45) is 0 Å². The number of aromatic nitrogens is 1. The van der Waals surface area contributed by atoms with Gasteiger partial charge in [-0.25, -0.2) is 0 Å². The highest BCUT2D eigenvalue weighted by atomic mass is 16.2. The topological polar surface area (TPSA) is 59.9 Å². The van der Waals surface area contributed by atoms with Gasteiger partial charge in [0.2, 0.25) is 5.91 Å². The summed E-state index contributed by atoms with van der Waals surface area (Å²) in [7, 11) is 1.63. The van der Waals surface area contributed by atoms with Crippen LogP contribution in [0.5, 0.6) is 0 Å². The Bertz CT molecular complexity index is 297. The van der Waals surface area contributed by atoms with Gasteiger partial charge in [0.25, 0.3) is 0 Å². The maximum absolute atomic E-state index is 11.1. The fourth-order valence-electron chi connectivity index (χ4n) is 0.850. The number of aromatic amines is 1. The van der Waals surface area contributed by atoms with Crippen LogP contribution in [-0.2, 0) is 4.79 Å². The number of anilines is 1.